The maximum absolute atomic E-state index is 12.0. The second kappa shape index (κ2) is 6.18. The predicted molar refractivity (Wildman–Crippen MR) is 51.9 cm³/mol. The Bertz CT molecular complexity index is 143. The van der Waals surface area contributed by atoms with Crippen molar-refractivity contribution in [2.45, 2.75) is 39.7 Å². The summed E-state index contributed by atoms with van der Waals surface area (Å²) in [5.41, 5.74) is 0.939. The number of likely N-dealkylation sites (tertiary alicyclic amines) is 1. The lowest BCUT2D eigenvalue weighted by Gasteiger charge is -2.15. The molecule has 1 rings (SSSR count). The van der Waals surface area contributed by atoms with Gasteiger partial charge >= 0.3 is 0 Å². The minimum atomic E-state index is 0.571. The van der Waals surface area contributed by atoms with E-state index in [9.17, 15) is 4.39 Å². The Morgan fingerprint density at radius 3 is 2.42 bits per heavy atom. The molecule has 0 aliphatic carbocycles. The first-order chi connectivity index (χ1) is 5.77. The summed E-state index contributed by atoms with van der Waals surface area (Å²) in [7, 11) is 2.05. The van der Waals surface area contributed by atoms with Gasteiger partial charge in [0.05, 0.1) is 6.33 Å². The Morgan fingerprint density at radius 2 is 2.17 bits per heavy atom. The highest BCUT2D eigenvalue weighted by atomic mass is 19.1. The van der Waals surface area contributed by atoms with Gasteiger partial charge in [0.15, 0.2) is 0 Å². The number of halogens is 1. The van der Waals surface area contributed by atoms with E-state index in [0.717, 1.165) is 31.3 Å². The van der Waals surface area contributed by atoms with Crippen LogP contribution in [0.15, 0.2) is 11.9 Å². The zero-order valence-electron chi connectivity index (χ0n) is 8.60. The number of hydrogen-bond acceptors (Lipinski definition) is 1. The van der Waals surface area contributed by atoms with E-state index in [0.29, 0.717) is 6.04 Å². The van der Waals surface area contributed by atoms with E-state index < -0.39 is 0 Å². The lowest BCUT2D eigenvalue weighted by atomic mass is 10.1. The van der Waals surface area contributed by atoms with E-state index in [4.69, 9.17) is 0 Å². The van der Waals surface area contributed by atoms with Crippen molar-refractivity contribution in [3.05, 3.63) is 11.9 Å². The number of nitrogens with zero attached hydrogens (tertiary/aromatic N) is 1. The van der Waals surface area contributed by atoms with E-state index in [1.807, 2.05) is 20.9 Å². The topological polar surface area (TPSA) is 3.24 Å². The SMILES string of the molecule is CC.CC[C@H]1C/C(=C/F)CN1C. The van der Waals surface area contributed by atoms with Gasteiger partial charge in [-0.1, -0.05) is 20.8 Å². The first-order valence-electron chi connectivity index (χ1n) is 4.76. The Balaban J connectivity index is 0.000000561. The first kappa shape index (κ1) is 11.6. The van der Waals surface area contributed by atoms with Crippen LogP contribution in [-0.2, 0) is 0 Å². The van der Waals surface area contributed by atoms with Gasteiger partial charge in [-0.2, -0.15) is 0 Å². The summed E-state index contributed by atoms with van der Waals surface area (Å²) in [6, 6.07) is 0.571. The number of likely N-dealkylation sites (N-methyl/N-ethyl adjacent to an activating group) is 1. The molecule has 72 valence electrons. The van der Waals surface area contributed by atoms with Crippen molar-refractivity contribution in [2.75, 3.05) is 13.6 Å². The molecule has 1 saturated heterocycles. The highest BCUT2D eigenvalue weighted by molar-refractivity contribution is 5.09. The summed E-state index contributed by atoms with van der Waals surface area (Å²) in [4.78, 5) is 2.20. The fourth-order valence-electron chi connectivity index (χ4n) is 1.51. The molecule has 1 heterocycles. The average molecular weight is 173 g/mol. The molecule has 0 aromatic carbocycles. The molecule has 1 nitrogen and oxygen atoms in total. The minimum Gasteiger partial charge on any atom is -0.299 e. The van der Waals surface area contributed by atoms with Crippen molar-refractivity contribution in [3.63, 3.8) is 0 Å². The summed E-state index contributed by atoms with van der Waals surface area (Å²) >= 11 is 0. The van der Waals surface area contributed by atoms with Crippen LogP contribution in [-0.4, -0.2) is 24.5 Å². The predicted octanol–water partition coefficient (Wildman–Crippen LogP) is 2.98. The van der Waals surface area contributed by atoms with Gasteiger partial charge in [-0.15, -0.1) is 0 Å². The summed E-state index contributed by atoms with van der Waals surface area (Å²) in [6.07, 6.45) is 2.80. The van der Waals surface area contributed by atoms with Gasteiger partial charge in [0, 0.05) is 12.6 Å². The molecule has 0 unspecified atom stereocenters. The smallest absolute Gasteiger partial charge is 0.0872 e. The standard InChI is InChI=1S/C8H14FN.C2H6/c1-3-8-4-7(5-9)6-10(8)2;1-2/h5,8H,3-4,6H2,1-2H3;1-2H3/b7-5-;/t8-;/m0./s1. The van der Waals surface area contributed by atoms with Crippen LogP contribution >= 0.6 is 0 Å². The molecule has 1 aliphatic rings. The first-order valence-corrected chi connectivity index (χ1v) is 4.76. The Morgan fingerprint density at radius 1 is 1.58 bits per heavy atom. The van der Waals surface area contributed by atoms with Crippen molar-refractivity contribution >= 4 is 0 Å². The van der Waals surface area contributed by atoms with E-state index in [1.165, 1.54) is 0 Å². The summed E-state index contributed by atoms with van der Waals surface area (Å²) in [5.74, 6) is 0. The molecule has 0 radical (unpaired) electrons. The molecular formula is C10H20FN. The largest absolute Gasteiger partial charge is 0.299 e. The van der Waals surface area contributed by atoms with E-state index in [1.54, 1.807) is 0 Å². The highest BCUT2D eigenvalue weighted by Crippen LogP contribution is 2.22. The van der Waals surface area contributed by atoms with Gasteiger partial charge in [0.1, 0.15) is 0 Å². The van der Waals surface area contributed by atoms with Gasteiger partial charge in [0.25, 0.3) is 0 Å². The number of hydrogen-bond donors (Lipinski definition) is 0. The zero-order valence-corrected chi connectivity index (χ0v) is 8.60. The Kier molecular flexibility index (Phi) is 5.99. The fraction of sp³-hybridized carbons (Fsp3) is 0.800. The molecule has 0 amide bonds. The second-order valence-electron chi connectivity index (χ2n) is 2.95. The average Bonchev–Trinajstić information content (AvgIpc) is 2.49. The van der Waals surface area contributed by atoms with Crippen molar-refractivity contribution in [2.24, 2.45) is 0 Å². The lowest BCUT2D eigenvalue weighted by Crippen LogP contribution is -2.23. The molecule has 1 atom stereocenters. The second-order valence-corrected chi connectivity index (χ2v) is 2.95. The molecule has 0 aromatic rings. The van der Waals surface area contributed by atoms with Crippen molar-refractivity contribution < 1.29 is 4.39 Å². The van der Waals surface area contributed by atoms with Crippen molar-refractivity contribution in [3.8, 4) is 0 Å². The van der Waals surface area contributed by atoms with Gasteiger partial charge < -0.3 is 0 Å². The van der Waals surface area contributed by atoms with Crippen molar-refractivity contribution in [1.82, 2.24) is 4.90 Å². The van der Waals surface area contributed by atoms with Crippen molar-refractivity contribution in [1.29, 1.82) is 0 Å². The van der Waals surface area contributed by atoms with Crippen LogP contribution in [0.25, 0.3) is 0 Å². The normalized spacial score (nSPS) is 27.1. The zero-order chi connectivity index (χ0) is 9.56. The van der Waals surface area contributed by atoms with E-state index in [2.05, 4.69) is 11.8 Å². The molecule has 12 heavy (non-hydrogen) atoms. The van der Waals surface area contributed by atoms with Crippen LogP contribution in [0.2, 0.25) is 0 Å². The summed E-state index contributed by atoms with van der Waals surface area (Å²) in [5, 5.41) is 0. The maximum atomic E-state index is 12.0. The lowest BCUT2D eigenvalue weighted by molar-refractivity contribution is 0.305. The molecule has 0 aromatic heterocycles. The Hall–Kier alpha value is -0.370. The van der Waals surface area contributed by atoms with Gasteiger partial charge in [0.2, 0.25) is 0 Å². The summed E-state index contributed by atoms with van der Waals surface area (Å²) < 4.78 is 12.0. The molecule has 0 saturated carbocycles. The number of rotatable bonds is 1. The molecule has 0 spiro atoms. The van der Waals surface area contributed by atoms with Gasteiger partial charge in [-0.3, -0.25) is 4.90 Å². The molecule has 1 aliphatic heterocycles. The Labute approximate surface area is 75.3 Å². The third-order valence-corrected chi connectivity index (χ3v) is 2.20. The van der Waals surface area contributed by atoms with Crippen LogP contribution < -0.4 is 0 Å². The molecule has 1 fully saturated rings. The molecule has 0 N–H and O–H groups in total. The highest BCUT2D eigenvalue weighted by Gasteiger charge is 2.22. The van der Waals surface area contributed by atoms with Crippen LogP contribution in [0.4, 0.5) is 4.39 Å². The quantitative estimate of drug-likeness (QED) is 0.589. The maximum Gasteiger partial charge on any atom is 0.0872 e. The molecule has 2 heteroatoms. The van der Waals surface area contributed by atoms with E-state index >= 15 is 0 Å². The van der Waals surface area contributed by atoms with Crippen LogP contribution in [0.5, 0.6) is 0 Å². The monoisotopic (exact) mass is 173 g/mol. The fourth-order valence-corrected chi connectivity index (χ4v) is 1.51. The minimum absolute atomic E-state index is 0.571. The third kappa shape index (κ3) is 2.94. The van der Waals surface area contributed by atoms with E-state index in [-0.39, 0.29) is 0 Å². The van der Waals surface area contributed by atoms with Gasteiger partial charge in [-0.25, -0.2) is 4.39 Å². The third-order valence-electron chi connectivity index (χ3n) is 2.20. The molecular weight excluding hydrogens is 153 g/mol. The van der Waals surface area contributed by atoms with Crippen LogP contribution in [0, 0.1) is 0 Å². The van der Waals surface area contributed by atoms with Crippen LogP contribution in [0.3, 0.4) is 0 Å². The van der Waals surface area contributed by atoms with Gasteiger partial charge in [-0.05, 0) is 25.5 Å². The van der Waals surface area contributed by atoms with Crippen LogP contribution in [0.1, 0.15) is 33.6 Å². The summed E-state index contributed by atoms with van der Waals surface area (Å²) in [6.45, 7) is 6.96. The molecule has 0 bridgehead atoms.